The van der Waals surface area contributed by atoms with Crippen molar-refractivity contribution in [2.75, 3.05) is 14.1 Å². The second-order valence-corrected chi connectivity index (χ2v) is 3.46. The Kier molecular flexibility index (Phi) is 2.07. The maximum absolute atomic E-state index is 2.18. The monoisotopic (exact) mass is 174 g/mol. The van der Waals surface area contributed by atoms with Crippen molar-refractivity contribution in [3.05, 3.63) is 41.6 Å². The summed E-state index contributed by atoms with van der Waals surface area (Å²) in [5.74, 6) is 0. The Hall–Kier alpha value is -1.28. The minimum absolute atomic E-state index is 0.972. The van der Waals surface area contributed by atoms with Crippen LogP contribution < -0.4 is 0 Å². The summed E-state index contributed by atoms with van der Waals surface area (Å²) < 4.78 is 0. The molecular weight excluding hydrogens is 160 g/mol. The number of hydrogen-bond acceptors (Lipinski definition) is 2. The Morgan fingerprint density at radius 1 is 1.23 bits per heavy atom. The highest BCUT2D eigenvalue weighted by molar-refractivity contribution is 5.55. The van der Waals surface area contributed by atoms with Gasteiger partial charge in [0, 0.05) is 20.3 Å². The molecule has 0 radical (unpaired) electrons. The van der Waals surface area contributed by atoms with Crippen molar-refractivity contribution in [1.29, 1.82) is 0 Å². The summed E-state index contributed by atoms with van der Waals surface area (Å²) in [6, 6.07) is 8.49. The van der Waals surface area contributed by atoms with Crippen LogP contribution in [0, 0.1) is 0 Å². The van der Waals surface area contributed by atoms with E-state index in [0.717, 1.165) is 6.54 Å². The van der Waals surface area contributed by atoms with Crippen molar-refractivity contribution in [1.82, 2.24) is 10.0 Å². The summed E-state index contributed by atoms with van der Waals surface area (Å²) in [6.07, 6.45) is 4.27. The van der Waals surface area contributed by atoms with Crippen molar-refractivity contribution in [3.63, 3.8) is 0 Å². The normalized spacial score (nSPS) is 14.8. The number of benzene rings is 1. The average Bonchev–Trinajstić information content (AvgIpc) is 2.17. The van der Waals surface area contributed by atoms with E-state index in [0.29, 0.717) is 0 Å². The van der Waals surface area contributed by atoms with E-state index < -0.39 is 0 Å². The molecule has 0 N–H and O–H groups in total. The molecule has 0 aromatic heterocycles. The zero-order valence-corrected chi connectivity index (χ0v) is 8.07. The summed E-state index contributed by atoms with van der Waals surface area (Å²) in [5, 5.41) is 4.27. The van der Waals surface area contributed by atoms with Gasteiger partial charge in [0.2, 0.25) is 0 Å². The van der Waals surface area contributed by atoms with Crippen LogP contribution in [0.15, 0.2) is 30.5 Å². The molecule has 1 heterocycles. The first-order valence-electron chi connectivity index (χ1n) is 4.47. The number of nitrogens with zero attached hydrogens (tertiary/aromatic N) is 2. The van der Waals surface area contributed by atoms with Gasteiger partial charge in [0.1, 0.15) is 0 Å². The van der Waals surface area contributed by atoms with Crippen LogP contribution in [0.3, 0.4) is 0 Å². The number of rotatable bonds is 1. The predicted octanol–water partition coefficient (Wildman–Crippen LogP) is 1.95. The van der Waals surface area contributed by atoms with Gasteiger partial charge in [-0.15, -0.1) is 0 Å². The fourth-order valence-electron chi connectivity index (χ4n) is 1.51. The minimum Gasteiger partial charge on any atom is -0.309 e. The lowest BCUT2D eigenvalue weighted by Gasteiger charge is -2.30. The topological polar surface area (TPSA) is 6.48 Å². The van der Waals surface area contributed by atoms with Gasteiger partial charge >= 0.3 is 0 Å². The van der Waals surface area contributed by atoms with Crippen molar-refractivity contribution >= 4 is 6.08 Å². The average molecular weight is 174 g/mol. The number of hydrazine groups is 1. The van der Waals surface area contributed by atoms with E-state index >= 15 is 0 Å². The van der Waals surface area contributed by atoms with Crippen molar-refractivity contribution in [2.24, 2.45) is 0 Å². The summed E-state index contributed by atoms with van der Waals surface area (Å²) in [5.41, 5.74) is 2.72. The molecule has 2 rings (SSSR count). The predicted molar refractivity (Wildman–Crippen MR) is 54.7 cm³/mol. The zero-order valence-electron chi connectivity index (χ0n) is 8.07. The van der Waals surface area contributed by atoms with E-state index in [2.05, 4.69) is 60.7 Å². The third-order valence-corrected chi connectivity index (χ3v) is 2.33. The number of hydrogen-bond donors (Lipinski definition) is 0. The Balaban J connectivity index is 2.29. The lowest BCUT2D eigenvalue weighted by Crippen LogP contribution is -2.33. The minimum atomic E-state index is 0.972. The van der Waals surface area contributed by atoms with E-state index in [1.807, 2.05) is 0 Å². The Labute approximate surface area is 79.1 Å². The standard InChI is InChI=1S/C11H14N2/c1-12(2)13-8-7-10-5-3-4-6-11(10)9-13/h3-8H,9H2,1-2H3. The fraction of sp³-hybridized carbons (Fsp3) is 0.273. The lowest BCUT2D eigenvalue weighted by molar-refractivity contribution is 0.0734. The zero-order chi connectivity index (χ0) is 9.26. The Morgan fingerprint density at radius 3 is 2.77 bits per heavy atom. The Morgan fingerprint density at radius 2 is 2.00 bits per heavy atom. The first-order chi connectivity index (χ1) is 6.27. The molecule has 0 spiro atoms. The maximum atomic E-state index is 2.18. The van der Waals surface area contributed by atoms with Crippen LogP contribution >= 0.6 is 0 Å². The van der Waals surface area contributed by atoms with E-state index in [9.17, 15) is 0 Å². The van der Waals surface area contributed by atoms with E-state index in [-0.39, 0.29) is 0 Å². The van der Waals surface area contributed by atoms with Crippen molar-refractivity contribution in [3.8, 4) is 0 Å². The molecule has 2 nitrogen and oxygen atoms in total. The van der Waals surface area contributed by atoms with E-state index in [4.69, 9.17) is 0 Å². The molecule has 0 amide bonds. The third-order valence-electron chi connectivity index (χ3n) is 2.33. The lowest BCUT2D eigenvalue weighted by atomic mass is 10.1. The number of fused-ring (bicyclic) bond motifs is 1. The molecule has 1 aromatic carbocycles. The van der Waals surface area contributed by atoms with Gasteiger partial charge in [-0.1, -0.05) is 24.3 Å². The van der Waals surface area contributed by atoms with Crippen LogP contribution in [0.4, 0.5) is 0 Å². The van der Waals surface area contributed by atoms with E-state index in [1.165, 1.54) is 11.1 Å². The molecule has 13 heavy (non-hydrogen) atoms. The van der Waals surface area contributed by atoms with Gasteiger partial charge in [-0.3, -0.25) is 0 Å². The summed E-state index contributed by atoms with van der Waals surface area (Å²) >= 11 is 0. The molecule has 1 aliphatic rings. The smallest absolute Gasteiger partial charge is 0.0596 e. The Bertz CT molecular complexity index is 329. The van der Waals surface area contributed by atoms with Crippen LogP contribution in [-0.2, 0) is 6.54 Å². The van der Waals surface area contributed by atoms with Crippen LogP contribution in [0.1, 0.15) is 11.1 Å². The molecule has 68 valence electrons. The summed E-state index contributed by atoms with van der Waals surface area (Å²) in [7, 11) is 4.11. The molecule has 0 unspecified atom stereocenters. The summed E-state index contributed by atoms with van der Waals surface area (Å²) in [6.45, 7) is 0.972. The molecule has 0 atom stereocenters. The first kappa shape index (κ1) is 8.32. The molecule has 1 aliphatic heterocycles. The molecule has 0 saturated heterocycles. The highest BCUT2D eigenvalue weighted by atomic mass is 15.6. The van der Waals surface area contributed by atoms with Gasteiger partial charge in [0.25, 0.3) is 0 Å². The fourth-order valence-corrected chi connectivity index (χ4v) is 1.51. The van der Waals surface area contributed by atoms with Gasteiger partial charge in [-0.25, -0.2) is 5.01 Å². The highest BCUT2D eigenvalue weighted by Gasteiger charge is 2.10. The largest absolute Gasteiger partial charge is 0.309 e. The van der Waals surface area contributed by atoms with Crippen LogP contribution in [0.5, 0.6) is 0 Å². The molecule has 2 heteroatoms. The highest BCUT2D eigenvalue weighted by Crippen LogP contribution is 2.19. The van der Waals surface area contributed by atoms with Crippen LogP contribution in [0.2, 0.25) is 0 Å². The van der Waals surface area contributed by atoms with Crippen molar-refractivity contribution in [2.45, 2.75) is 6.54 Å². The van der Waals surface area contributed by atoms with Gasteiger partial charge in [0.15, 0.2) is 0 Å². The third kappa shape index (κ3) is 1.58. The van der Waals surface area contributed by atoms with Gasteiger partial charge in [0.05, 0.1) is 6.54 Å². The summed E-state index contributed by atoms with van der Waals surface area (Å²) in [4.78, 5) is 0. The first-order valence-corrected chi connectivity index (χ1v) is 4.47. The quantitative estimate of drug-likeness (QED) is 0.642. The maximum Gasteiger partial charge on any atom is 0.0596 e. The van der Waals surface area contributed by atoms with Crippen molar-refractivity contribution < 1.29 is 0 Å². The van der Waals surface area contributed by atoms with Gasteiger partial charge in [-0.2, -0.15) is 0 Å². The van der Waals surface area contributed by atoms with Crippen LogP contribution in [-0.4, -0.2) is 24.1 Å². The molecule has 1 aromatic rings. The SMILES string of the molecule is CN(C)N1C=Cc2ccccc2C1. The molecule has 0 saturated carbocycles. The second kappa shape index (κ2) is 3.23. The second-order valence-electron chi connectivity index (χ2n) is 3.46. The molecule has 0 fully saturated rings. The molecule has 0 aliphatic carbocycles. The molecular formula is C11H14N2. The van der Waals surface area contributed by atoms with E-state index in [1.54, 1.807) is 0 Å². The van der Waals surface area contributed by atoms with Crippen LogP contribution in [0.25, 0.3) is 6.08 Å². The van der Waals surface area contributed by atoms with Gasteiger partial charge < -0.3 is 5.01 Å². The van der Waals surface area contributed by atoms with Gasteiger partial charge in [-0.05, 0) is 17.2 Å². The molecule has 0 bridgehead atoms.